The number of aromatic nitrogens is 3. The largest absolute Gasteiger partial charge is 0.478 e. The van der Waals surface area contributed by atoms with Gasteiger partial charge in [-0.25, -0.2) is 9.78 Å². The number of pyridine rings is 1. The normalized spacial score (nSPS) is 10.2. The SMILES string of the molecule is Cc1ccc(C(=O)O)cc1C#Cc1cc(-c2cnn(C)c2)cnc1N. The molecule has 3 rings (SSSR count). The molecule has 0 amide bonds. The molecule has 124 valence electrons. The number of carbonyl (C=O) groups is 1. The van der Waals surface area contributed by atoms with Crippen molar-refractivity contribution in [1.82, 2.24) is 14.8 Å². The second-order valence-corrected chi connectivity index (χ2v) is 5.64. The molecule has 0 saturated heterocycles. The smallest absolute Gasteiger partial charge is 0.335 e. The number of anilines is 1. The van der Waals surface area contributed by atoms with Crippen molar-refractivity contribution in [3.05, 3.63) is 65.1 Å². The van der Waals surface area contributed by atoms with E-state index in [0.717, 1.165) is 16.7 Å². The van der Waals surface area contributed by atoms with E-state index < -0.39 is 5.97 Å². The molecule has 0 aliphatic carbocycles. The Morgan fingerprint density at radius 2 is 1.92 bits per heavy atom. The minimum atomic E-state index is -0.984. The fourth-order valence-corrected chi connectivity index (χ4v) is 2.33. The maximum Gasteiger partial charge on any atom is 0.335 e. The Labute approximate surface area is 144 Å². The molecule has 0 bridgehead atoms. The summed E-state index contributed by atoms with van der Waals surface area (Å²) in [6.45, 7) is 1.88. The second kappa shape index (κ2) is 6.49. The van der Waals surface area contributed by atoms with E-state index in [1.165, 1.54) is 0 Å². The molecule has 6 nitrogen and oxygen atoms in total. The summed E-state index contributed by atoms with van der Waals surface area (Å²) < 4.78 is 1.71. The fraction of sp³-hybridized carbons (Fsp3) is 0.105. The van der Waals surface area contributed by atoms with E-state index in [9.17, 15) is 4.79 Å². The Hall–Kier alpha value is -3.59. The summed E-state index contributed by atoms with van der Waals surface area (Å²) in [4.78, 5) is 15.3. The molecule has 3 aromatic rings. The van der Waals surface area contributed by atoms with Crippen molar-refractivity contribution in [2.24, 2.45) is 7.05 Å². The first kappa shape index (κ1) is 16.3. The zero-order chi connectivity index (χ0) is 18.0. The van der Waals surface area contributed by atoms with Crippen molar-refractivity contribution >= 4 is 11.8 Å². The van der Waals surface area contributed by atoms with Gasteiger partial charge in [-0.1, -0.05) is 17.9 Å². The lowest BCUT2D eigenvalue weighted by Gasteiger charge is -2.02. The maximum atomic E-state index is 11.1. The summed E-state index contributed by atoms with van der Waals surface area (Å²) in [6.07, 6.45) is 5.30. The molecule has 0 fully saturated rings. The highest BCUT2D eigenvalue weighted by molar-refractivity contribution is 5.88. The van der Waals surface area contributed by atoms with Crippen LogP contribution in [0.3, 0.4) is 0 Å². The third kappa shape index (κ3) is 3.51. The van der Waals surface area contributed by atoms with Gasteiger partial charge in [0.1, 0.15) is 5.82 Å². The van der Waals surface area contributed by atoms with E-state index in [1.807, 2.05) is 26.2 Å². The van der Waals surface area contributed by atoms with E-state index >= 15 is 0 Å². The molecule has 0 aliphatic heterocycles. The highest BCUT2D eigenvalue weighted by atomic mass is 16.4. The molecule has 1 aromatic carbocycles. The third-order valence-corrected chi connectivity index (χ3v) is 3.77. The highest BCUT2D eigenvalue weighted by Crippen LogP contribution is 2.21. The monoisotopic (exact) mass is 332 g/mol. The number of aryl methyl sites for hydroxylation is 2. The zero-order valence-corrected chi connectivity index (χ0v) is 13.8. The van der Waals surface area contributed by atoms with Crippen LogP contribution in [-0.4, -0.2) is 25.8 Å². The van der Waals surface area contributed by atoms with Gasteiger partial charge in [0, 0.05) is 36.1 Å². The van der Waals surface area contributed by atoms with Crippen LogP contribution < -0.4 is 5.73 Å². The lowest BCUT2D eigenvalue weighted by molar-refractivity contribution is 0.0697. The number of rotatable bonds is 2. The number of nitrogens with zero attached hydrogens (tertiary/aromatic N) is 3. The van der Waals surface area contributed by atoms with Crippen LogP contribution in [0.25, 0.3) is 11.1 Å². The van der Waals surface area contributed by atoms with Crippen molar-refractivity contribution < 1.29 is 9.90 Å². The van der Waals surface area contributed by atoms with E-state index in [1.54, 1.807) is 35.3 Å². The summed E-state index contributed by atoms with van der Waals surface area (Å²) in [7, 11) is 1.84. The number of nitrogens with two attached hydrogens (primary N) is 1. The topological polar surface area (TPSA) is 94.0 Å². The van der Waals surface area contributed by atoms with Crippen LogP contribution in [0.1, 0.15) is 27.0 Å². The van der Waals surface area contributed by atoms with Crippen molar-refractivity contribution in [2.75, 3.05) is 5.73 Å². The average molecular weight is 332 g/mol. The molecule has 2 heterocycles. The molecule has 0 atom stereocenters. The lowest BCUT2D eigenvalue weighted by atomic mass is 10.0. The number of aromatic carboxylic acids is 1. The minimum Gasteiger partial charge on any atom is -0.478 e. The van der Waals surface area contributed by atoms with Gasteiger partial charge in [0.2, 0.25) is 0 Å². The number of benzene rings is 1. The Balaban J connectivity index is 2.01. The molecule has 3 N–H and O–H groups in total. The van der Waals surface area contributed by atoms with E-state index in [2.05, 4.69) is 21.9 Å². The molecule has 0 aliphatic rings. The molecule has 6 heteroatoms. The van der Waals surface area contributed by atoms with Gasteiger partial charge in [-0.2, -0.15) is 5.10 Å². The maximum absolute atomic E-state index is 11.1. The fourth-order valence-electron chi connectivity index (χ4n) is 2.33. The number of carboxylic acids is 1. The molecular weight excluding hydrogens is 316 g/mol. The van der Waals surface area contributed by atoms with Crippen LogP contribution in [0.2, 0.25) is 0 Å². The van der Waals surface area contributed by atoms with Crippen LogP contribution in [0.4, 0.5) is 5.82 Å². The highest BCUT2D eigenvalue weighted by Gasteiger charge is 2.06. The van der Waals surface area contributed by atoms with Gasteiger partial charge >= 0.3 is 5.97 Å². The average Bonchev–Trinajstić information content (AvgIpc) is 3.01. The summed E-state index contributed by atoms with van der Waals surface area (Å²) in [5.74, 6) is 5.33. The summed E-state index contributed by atoms with van der Waals surface area (Å²) in [6, 6.07) is 6.70. The van der Waals surface area contributed by atoms with Gasteiger partial charge in [0.05, 0.1) is 17.3 Å². The summed E-state index contributed by atoms with van der Waals surface area (Å²) >= 11 is 0. The molecule has 0 unspecified atom stereocenters. The molecular formula is C19H16N4O2. The Morgan fingerprint density at radius 1 is 1.16 bits per heavy atom. The van der Waals surface area contributed by atoms with E-state index in [0.29, 0.717) is 16.9 Å². The summed E-state index contributed by atoms with van der Waals surface area (Å²) in [5.41, 5.74) is 10.0. The van der Waals surface area contributed by atoms with Crippen molar-refractivity contribution in [3.63, 3.8) is 0 Å². The van der Waals surface area contributed by atoms with Crippen molar-refractivity contribution in [1.29, 1.82) is 0 Å². The first-order valence-electron chi connectivity index (χ1n) is 7.54. The number of carboxylic acid groups (broad SMARTS) is 1. The van der Waals surface area contributed by atoms with Gasteiger partial charge < -0.3 is 10.8 Å². The number of nitrogen functional groups attached to an aromatic ring is 1. The van der Waals surface area contributed by atoms with Crippen LogP contribution in [0, 0.1) is 18.8 Å². The van der Waals surface area contributed by atoms with Crippen molar-refractivity contribution in [3.8, 4) is 23.0 Å². The zero-order valence-electron chi connectivity index (χ0n) is 13.8. The Morgan fingerprint density at radius 3 is 2.60 bits per heavy atom. The van der Waals surface area contributed by atoms with Crippen LogP contribution in [0.15, 0.2) is 42.9 Å². The molecule has 0 spiro atoms. The second-order valence-electron chi connectivity index (χ2n) is 5.64. The van der Waals surface area contributed by atoms with Gasteiger partial charge in [-0.15, -0.1) is 0 Å². The molecule has 25 heavy (non-hydrogen) atoms. The van der Waals surface area contributed by atoms with E-state index in [-0.39, 0.29) is 5.56 Å². The predicted octanol–water partition coefficient (Wildman–Crippen LogP) is 2.47. The van der Waals surface area contributed by atoms with Crippen LogP contribution in [-0.2, 0) is 7.05 Å². The van der Waals surface area contributed by atoms with Crippen molar-refractivity contribution in [2.45, 2.75) is 6.92 Å². The first-order valence-corrected chi connectivity index (χ1v) is 7.54. The minimum absolute atomic E-state index is 0.199. The predicted molar refractivity (Wildman–Crippen MR) is 95.0 cm³/mol. The Kier molecular flexibility index (Phi) is 4.23. The molecule has 0 radical (unpaired) electrons. The standard InChI is InChI=1S/C19H16N4O2/c1-12-3-4-15(19(24)25)7-13(12)5-6-14-8-16(9-21-18(14)20)17-10-22-23(2)11-17/h3-4,7-11H,1-2H3,(H2,20,21)(H,24,25). The lowest BCUT2D eigenvalue weighted by Crippen LogP contribution is -1.98. The number of hydrogen-bond acceptors (Lipinski definition) is 4. The van der Waals surface area contributed by atoms with Gasteiger partial charge in [0.15, 0.2) is 0 Å². The van der Waals surface area contributed by atoms with E-state index in [4.69, 9.17) is 10.8 Å². The molecule has 0 saturated carbocycles. The quantitative estimate of drug-likeness (QED) is 0.703. The van der Waals surface area contributed by atoms with Gasteiger partial charge in [-0.05, 0) is 30.7 Å². The third-order valence-electron chi connectivity index (χ3n) is 3.77. The van der Waals surface area contributed by atoms with Gasteiger partial charge in [-0.3, -0.25) is 4.68 Å². The molecule has 2 aromatic heterocycles. The van der Waals surface area contributed by atoms with Crippen LogP contribution in [0.5, 0.6) is 0 Å². The number of hydrogen-bond donors (Lipinski definition) is 2. The summed E-state index contributed by atoms with van der Waals surface area (Å²) in [5, 5.41) is 13.3. The van der Waals surface area contributed by atoms with Crippen LogP contribution >= 0.6 is 0 Å². The first-order chi connectivity index (χ1) is 11.9. The Bertz CT molecular complexity index is 1030. The van der Waals surface area contributed by atoms with Gasteiger partial charge in [0.25, 0.3) is 0 Å².